The first-order valence-corrected chi connectivity index (χ1v) is 9.07. The van der Waals surface area contributed by atoms with E-state index in [4.69, 9.17) is 4.74 Å². The molecule has 1 N–H and O–H groups in total. The van der Waals surface area contributed by atoms with Crippen LogP contribution in [0.1, 0.15) is 66.2 Å². The van der Waals surface area contributed by atoms with Gasteiger partial charge in [0.2, 0.25) is 5.91 Å². The maximum Gasteiger partial charge on any atom is 0.237 e. The average molecular weight is 310 g/mol. The number of hydrogen-bond acceptors (Lipinski definition) is 3. The van der Waals surface area contributed by atoms with E-state index in [1.807, 2.05) is 0 Å². The van der Waals surface area contributed by atoms with Crippen LogP contribution in [-0.4, -0.2) is 36.7 Å². The van der Waals surface area contributed by atoms with Crippen molar-refractivity contribution in [3.05, 3.63) is 0 Å². The Hall–Kier alpha value is -0.610. The summed E-state index contributed by atoms with van der Waals surface area (Å²) in [4.78, 5) is 12.5. The van der Waals surface area contributed by atoms with Crippen molar-refractivity contribution in [2.24, 2.45) is 17.3 Å². The van der Waals surface area contributed by atoms with Gasteiger partial charge in [0.25, 0.3) is 0 Å². The first-order valence-electron chi connectivity index (χ1n) is 9.07. The van der Waals surface area contributed by atoms with Crippen LogP contribution in [0.15, 0.2) is 0 Å². The fourth-order valence-electron chi connectivity index (χ4n) is 3.75. The molecule has 0 aromatic carbocycles. The van der Waals surface area contributed by atoms with E-state index in [0.717, 1.165) is 51.3 Å². The molecule has 22 heavy (non-hydrogen) atoms. The molecule has 1 amide bonds. The van der Waals surface area contributed by atoms with Crippen LogP contribution in [0, 0.1) is 17.3 Å². The van der Waals surface area contributed by atoms with Crippen molar-refractivity contribution < 1.29 is 9.53 Å². The Morgan fingerprint density at radius 1 is 1.23 bits per heavy atom. The highest BCUT2D eigenvalue weighted by atomic mass is 16.5. The van der Waals surface area contributed by atoms with Gasteiger partial charge in [-0.1, -0.05) is 34.1 Å². The molecule has 0 aromatic heterocycles. The summed E-state index contributed by atoms with van der Waals surface area (Å²) < 4.78 is 5.75. The molecule has 0 unspecified atom stereocenters. The molecular formula is C18H34N2O2. The first kappa shape index (κ1) is 17.7. The zero-order valence-corrected chi connectivity index (χ0v) is 14.9. The minimum absolute atomic E-state index is 0.130. The number of hydrogen-bond donors (Lipinski definition) is 1. The molecule has 0 spiro atoms. The minimum atomic E-state index is 0.130. The van der Waals surface area contributed by atoms with E-state index in [9.17, 15) is 4.79 Å². The average Bonchev–Trinajstić information content (AvgIpc) is 2.47. The van der Waals surface area contributed by atoms with Gasteiger partial charge in [-0.05, 0) is 43.4 Å². The van der Waals surface area contributed by atoms with Crippen LogP contribution in [0.3, 0.4) is 0 Å². The monoisotopic (exact) mass is 310 g/mol. The van der Waals surface area contributed by atoms with Crippen molar-refractivity contribution in [1.29, 1.82) is 0 Å². The third-order valence-electron chi connectivity index (χ3n) is 5.34. The van der Waals surface area contributed by atoms with Gasteiger partial charge in [-0.3, -0.25) is 10.2 Å². The van der Waals surface area contributed by atoms with Crippen molar-refractivity contribution in [3.8, 4) is 0 Å². The van der Waals surface area contributed by atoms with Gasteiger partial charge >= 0.3 is 0 Å². The molecule has 0 aliphatic carbocycles. The van der Waals surface area contributed by atoms with Crippen LogP contribution in [-0.2, 0) is 9.53 Å². The Morgan fingerprint density at radius 3 is 2.50 bits per heavy atom. The molecule has 2 heterocycles. The largest absolute Gasteiger partial charge is 0.378 e. The summed E-state index contributed by atoms with van der Waals surface area (Å²) in [5.41, 5.74) is 3.54. The summed E-state index contributed by atoms with van der Waals surface area (Å²) in [7, 11) is 0. The number of ether oxygens (including phenoxy) is 1. The van der Waals surface area contributed by atoms with E-state index in [0.29, 0.717) is 5.41 Å². The summed E-state index contributed by atoms with van der Waals surface area (Å²) in [5, 5.41) is 2.13. The molecule has 2 aliphatic rings. The zero-order valence-electron chi connectivity index (χ0n) is 14.9. The van der Waals surface area contributed by atoms with Gasteiger partial charge in [-0.25, -0.2) is 5.01 Å². The standard InChI is InChI=1S/C18H34N2O2/c1-5-6-16-13-14(9-12-22-16)17(21)19-20-10-7-15(8-11-20)18(2,3)4/h14-16H,5-13H2,1-4H3,(H,19,21)/t14-,16-/m0/s1. The lowest BCUT2D eigenvalue weighted by molar-refractivity contribution is -0.136. The maximum atomic E-state index is 12.5. The Morgan fingerprint density at radius 2 is 1.91 bits per heavy atom. The molecule has 2 fully saturated rings. The highest BCUT2D eigenvalue weighted by Gasteiger charge is 2.31. The molecule has 2 rings (SSSR count). The van der Waals surface area contributed by atoms with Crippen LogP contribution in [0.4, 0.5) is 0 Å². The number of carbonyl (C=O) groups is 1. The van der Waals surface area contributed by atoms with Gasteiger partial charge in [0, 0.05) is 25.6 Å². The summed E-state index contributed by atoms with van der Waals surface area (Å²) in [5.74, 6) is 1.10. The van der Waals surface area contributed by atoms with Gasteiger partial charge in [0.15, 0.2) is 0 Å². The Kier molecular flexibility index (Phi) is 6.27. The van der Waals surface area contributed by atoms with Crippen LogP contribution >= 0.6 is 0 Å². The zero-order chi connectivity index (χ0) is 16.2. The van der Waals surface area contributed by atoms with Gasteiger partial charge in [-0.2, -0.15) is 0 Å². The van der Waals surface area contributed by atoms with E-state index in [1.165, 1.54) is 12.8 Å². The summed E-state index contributed by atoms with van der Waals surface area (Å²) >= 11 is 0. The minimum Gasteiger partial charge on any atom is -0.378 e. The molecular weight excluding hydrogens is 276 g/mol. The second kappa shape index (κ2) is 7.78. The predicted octanol–water partition coefficient (Wildman–Crippen LogP) is 3.37. The third-order valence-corrected chi connectivity index (χ3v) is 5.34. The van der Waals surface area contributed by atoms with Gasteiger partial charge < -0.3 is 4.74 Å². The molecule has 0 aromatic rings. The third kappa shape index (κ3) is 4.95. The molecule has 0 saturated carbocycles. The summed E-state index contributed by atoms with van der Waals surface area (Å²) in [6.45, 7) is 11.8. The number of carbonyl (C=O) groups excluding carboxylic acids is 1. The van der Waals surface area contributed by atoms with Crippen molar-refractivity contribution in [2.45, 2.75) is 72.3 Å². The summed E-state index contributed by atoms with van der Waals surface area (Å²) in [6.07, 6.45) is 6.58. The second-order valence-electron chi connectivity index (χ2n) is 8.11. The Balaban J connectivity index is 1.76. The molecule has 4 heteroatoms. The lowest BCUT2D eigenvalue weighted by Crippen LogP contribution is -2.50. The van der Waals surface area contributed by atoms with Gasteiger partial charge in [-0.15, -0.1) is 0 Å². The lowest BCUT2D eigenvalue weighted by Gasteiger charge is -2.39. The topological polar surface area (TPSA) is 41.6 Å². The molecule has 2 saturated heterocycles. The number of hydrazine groups is 1. The predicted molar refractivity (Wildman–Crippen MR) is 89.3 cm³/mol. The van der Waals surface area contributed by atoms with E-state index in [1.54, 1.807) is 0 Å². The van der Waals surface area contributed by atoms with E-state index < -0.39 is 0 Å². The van der Waals surface area contributed by atoms with E-state index >= 15 is 0 Å². The molecule has 2 atom stereocenters. The maximum absolute atomic E-state index is 12.5. The van der Waals surface area contributed by atoms with E-state index in [2.05, 4.69) is 38.1 Å². The van der Waals surface area contributed by atoms with Crippen molar-refractivity contribution in [2.75, 3.05) is 19.7 Å². The fourth-order valence-corrected chi connectivity index (χ4v) is 3.75. The van der Waals surface area contributed by atoms with Crippen LogP contribution in [0.5, 0.6) is 0 Å². The molecule has 0 radical (unpaired) electrons. The van der Waals surface area contributed by atoms with Crippen molar-refractivity contribution in [3.63, 3.8) is 0 Å². The number of rotatable bonds is 4. The fraction of sp³-hybridized carbons (Fsp3) is 0.944. The second-order valence-corrected chi connectivity index (χ2v) is 8.11. The number of amides is 1. The van der Waals surface area contributed by atoms with E-state index in [-0.39, 0.29) is 17.9 Å². The van der Waals surface area contributed by atoms with Crippen LogP contribution < -0.4 is 5.43 Å². The molecule has 4 nitrogen and oxygen atoms in total. The Labute approximate surface area is 135 Å². The number of nitrogens with zero attached hydrogens (tertiary/aromatic N) is 1. The van der Waals surface area contributed by atoms with Crippen molar-refractivity contribution >= 4 is 5.91 Å². The number of piperidine rings is 1. The molecule has 0 bridgehead atoms. The lowest BCUT2D eigenvalue weighted by atomic mass is 9.75. The van der Waals surface area contributed by atoms with Crippen LogP contribution in [0.2, 0.25) is 0 Å². The summed E-state index contributed by atoms with van der Waals surface area (Å²) in [6, 6.07) is 0. The van der Waals surface area contributed by atoms with Gasteiger partial charge in [0.1, 0.15) is 0 Å². The highest BCUT2D eigenvalue weighted by Crippen LogP contribution is 2.34. The van der Waals surface area contributed by atoms with Crippen LogP contribution in [0.25, 0.3) is 0 Å². The molecule has 2 aliphatic heterocycles. The smallest absolute Gasteiger partial charge is 0.237 e. The first-order chi connectivity index (χ1) is 10.4. The van der Waals surface area contributed by atoms with Gasteiger partial charge in [0.05, 0.1) is 6.10 Å². The Bertz CT molecular complexity index is 355. The number of nitrogens with one attached hydrogen (secondary N) is 1. The SMILES string of the molecule is CCC[C@H]1C[C@@H](C(=O)NN2CCC(C(C)(C)C)CC2)CCO1. The normalized spacial score (nSPS) is 28.5. The molecule has 128 valence electrons. The van der Waals surface area contributed by atoms with Crippen molar-refractivity contribution in [1.82, 2.24) is 10.4 Å². The quantitative estimate of drug-likeness (QED) is 0.865. The highest BCUT2D eigenvalue weighted by molar-refractivity contribution is 5.78.